The maximum absolute atomic E-state index is 13.1. The number of hydrogen-bond acceptors (Lipinski definition) is 4. The minimum absolute atomic E-state index is 0.00267. The summed E-state index contributed by atoms with van der Waals surface area (Å²) in [4.78, 5) is 23.0. The Morgan fingerprint density at radius 2 is 1.94 bits per heavy atom. The van der Waals surface area contributed by atoms with E-state index in [1.807, 2.05) is 35.4 Å². The number of carbonyl (C=O) groups excluding carboxylic acids is 1. The van der Waals surface area contributed by atoms with Gasteiger partial charge in [0.1, 0.15) is 0 Å². The number of rotatable bonds is 4. The van der Waals surface area contributed by atoms with Crippen LogP contribution in [-0.2, 0) is 5.41 Å². The number of likely N-dealkylation sites (N-methyl/N-ethyl adjacent to an activating group) is 1. The molecule has 0 bridgehead atoms. The Bertz CT molecular complexity index is 1150. The summed E-state index contributed by atoms with van der Waals surface area (Å²) in [5.74, 6) is 0.0625. The van der Waals surface area contributed by atoms with Crippen LogP contribution >= 0.6 is 22.9 Å². The first-order valence-corrected chi connectivity index (χ1v) is 12.7. The van der Waals surface area contributed by atoms with Gasteiger partial charge < -0.3 is 9.80 Å². The van der Waals surface area contributed by atoms with Gasteiger partial charge in [0.25, 0.3) is 5.91 Å². The highest BCUT2D eigenvalue weighted by atomic mass is 35.5. The van der Waals surface area contributed by atoms with Gasteiger partial charge in [0, 0.05) is 57.5 Å². The van der Waals surface area contributed by atoms with Crippen LogP contribution in [0.2, 0.25) is 5.02 Å². The van der Waals surface area contributed by atoms with Gasteiger partial charge in [-0.15, -0.1) is 11.3 Å². The first kappa shape index (κ1) is 23.9. The minimum Gasteiger partial charge on any atom is -0.337 e. The first-order chi connectivity index (χ1) is 15.6. The number of thiophene rings is 1. The Morgan fingerprint density at radius 3 is 2.64 bits per heavy atom. The third kappa shape index (κ3) is 5.32. The van der Waals surface area contributed by atoms with Crippen LogP contribution in [0.25, 0.3) is 21.6 Å². The Morgan fingerprint density at radius 1 is 1.15 bits per heavy atom. The number of nitrogens with zero attached hydrogens (tertiary/aromatic N) is 3. The molecule has 1 aliphatic heterocycles. The van der Waals surface area contributed by atoms with Gasteiger partial charge in [-0.05, 0) is 73.8 Å². The molecule has 0 radical (unpaired) electrons. The van der Waals surface area contributed by atoms with Gasteiger partial charge in [-0.2, -0.15) is 0 Å². The zero-order chi connectivity index (χ0) is 23.8. The predicted molar refractivity (Wildman–Crippen MR) is 139 cm³/mol. The van der Waals surface area contributed by atoms with Gasteiger partial charge in [-0.3, -0.25) is 9.78 Å². The van der Waals surface area contributed by atoms with Gasteiger partial charge in [-0.1, -0.05) is 38.4 Å². The Hall–Kier alpha value is -2.21. The van der Waals surface area contributed by atoms with Crippen molar-refractivity contribution < 1.29 is 4.79 Å². The molecule has 1 unspecified atom stereocenters. The summed E-state index contributed by atoms with van der Waals surface area (Å²) in [6.07, 6.45) is 4.04. The molecular weight excluding hydrogens is 450 g/mol. The topological polar surface area (TPSA) is 36.4 Å². The highest BCUT2D eigenvalue weighted by Crippen LogP contribution is 2.37. The first-order valence-electron chi connectivity index (χ1n) is 11.4. The fraction of sp³-hybridized carbons (Fsp3) is 0.407. The summed E-state index contributed by atoms with van der Waals surface area (Å²) in [7, 11) is 4.16. The number of halogens is 1. The monoisotopic (exact) mass is 481 g/mol. The van der Waals surface area contributed by atoms with E-state index in [-0.39, 0.29) is 11.3 Å². The van der Waals surface area contributed by atoms with E-state index in [1.165, 1.54) is 4.88 Å². The standard InChI is InChI=1S/C27H32ClN3OS/c1-27(2,3)25-15-18(10-11-29-25)24-14-20(17-33-24)22-9-8-19(13-23(22)28)26(32)31-12-6-7-21(16-31)30(4)5/h8-11,13-15,17,21H,6-7,12,16H2,1-5H3. The van der Waals surface area contributed by atoms with Crippen LogP contribution in [0.1, 0.15) is 49.7 Å². The number of aromatic nitrogens is 1. The molecule has 1 atom stereocenters. The largest absolute Gasteiger partial charge is 0.337 e. The molecule has 4 nitrogen and oxygen atoms in total. The van der Waals surface area contributed by atoms with Crippen molar-refractivity contribution in [1.82, 2.24) is 14.8 Å². The lowest BCUT2D eigenvalue weighted by Gasteiger charge is -2.36. The number of benzene rings is 1. The van der Waals surface area contributed by atoms with Crippen LogP contribution in [0.15, 0.2) is 48.0 Å². The van der Waals surface area contributed by atoms with Crippen LogP contribution < -0.4 is 0 Å². The van der Waals surface area contributed by atoms with Crippen molar-refractivity contribution in [2.24, 2.45) is 0 Å². The summed E-state index contributed by atoms with van der Waals surface area (Å²) >= 11 is 8.38. The maximum atomic E-state index is 13.1. The second-order valence-corrected chi connectivity index (χ2v) is 11.4. The fourth-order valence-electron chi connectivity index (χ4n) is 4.25. The lowest BCUT2D eigenvalue weighted by Crippen LogP contribution is -2.47. The van der Waals surface area contributed by atoms with E-state index < -0.39 is 0 Å². The average molecular weight is 482 g/mol. The van der Waals surface area contributed by atoms with Crippen molar-refractivity contribution in [3.8, 4) is 21.6 Å². The lowest BCUT2D eigenvalue weighted by molar-refractivity contribution is 0.0635. The molecule has 1 aliphatic rings. The zero-order valence-electron chi connectivity index (χ0n) is 20.1. The quantitative estimate of drug-likeness (QED) is 0.421. The number of amides is 1. The van der Waals surface area contributed by atoms with Crippen molar-refractivity contribution in [2.45, 2.75) is 45.1 Å². The van der Waals surface area contributed by atoms with Crippen LogP contribution in [0.5, 0.6) is 0 Å². The van der Waals surface area contributed by atoms with Gasteiger partial charge in [0.15, 0.2) is 0 Å². The predicted octanol–water partition coefficient (Wildman–Crippen LogP) is 6.59. The number of pyridine rings is 1. The number of piperidine rings is 1. The third-order valence-corrected chi connectivity index (χ3v) is 7.65. The van der Waals surface area contributed by atoms with Crippen molar-refractivity contribution in [2.75, 3.05) is 27.2 Å². The fourth-order valence-corrected chi connectivity index (χ4v) is 5.44. The Kier molecular flexibility index (Phi) is 6.94. The molecule has 4 rings (SSSR count). The highest BCUT2D eigenvalue weighted by Gasteiger charge is 2.26. The van der Waals surface area contributed by atoms with Crippen molar-refractivity contribution >= 4 is 28.8 Å². The van der Waals surface area contributed by atoms with E-state index >= 15 is 0 Å². The second-order valence-electron chi connectivity index (χ2n) is 10.1. The summed E-state index contributed by atoms with van der Waals surface area (Å²) in [6.45, 7) is 8.09. The smallest absolute Gasteiger partial charge is 0.253 e. The highest BCUT2D eigenvalue weighted by molar-refractivity contribution is 7.14. The van der Waals surface area contributed by atoms with Gasteiger partial charge in [0.05, 0.1) is 0 Å². The Labute approximate surface area is 206 Å². The molecule has 0 saturated carbocycles. The molecule has 2 aromatic heterocycles. The van der Waals surface area contributed by atoms with Crippen LogP contribution in [0, 0.1) is 0 Å². The molecule has 33 heavy (non-hydrogen) atoms. The molecule has 1 amide bonds. The summed E-state index contributed by atoms with van der Waals surface area (Å²) in [5.41, 5.74) is 4.91. The Balaban J connectivity index is 1.55. The van der Waals surface area contributed by atoms with Gasteiger partial charge in [-0.25, -0.2) is 0 Å². The van der Waals surface area contributed by atoms with Crippen molar-refractivity contribution in [3.05, 3.63) is 64.3 Å². The number of likely N-dealkylation sites (tertiary alicyclic amines) is 1. The third-order valence-electron chi connectivity index (χ3n) is 6.35. The molecular formula is C27H32ClN3OS. The molecule has 6 heteroatoms. The molecule has 1 aromatic carbocycles. The van der Waals surface area contributed by atoms with Crippen LogP contribution in [0.4, 0.5) is 0 Å². The summed E-state index contributed by atoms with van der Waals surface area (Å²) in [6, 6.07) is 12.5. The van der Waals surface area contributed by atoms with E-state index in [0.29, 0.717) is 16.6 Å². The van der Waals surface area contributed by atoms with E-state index in [0.717, 1.165) is 48.3 Å². The van der Waals surface area contributed by atoms with Crippen molar-refractivity contribution in [1.29, 1.82) is 0 Å². The maximum Gasteiger partial charge on any atom is 0.253 e. The molecule has 174 valence electrons. The van der Waals surface area contributed by atoms with Crippen molar-refractivity contribution in [3.63, 3.8) is 0 Å². The van der Waals surface area contributed by atoms with E-state index in [2.05, 4.69) is 62.3 Å². The van der Waals surface area contributed by atoms with Crippen LogP contribution in [0.3, 0.4) is 0 Å². The SMILES string of the molecule is CN(C)C1CCCN(C(=O)c2ccc(-c3csc(-c4ccnc(C(C)(C)C)c4)c3)c(Cl)c2)C1. The minimum atomic E-state index is 0.00267. The van der Waals surface area contributed by atoms with Gasteiger partial charge >= 0.3 is 0 Å². The van der Waals surface area contributed by atoms with E-state index in [9.17, 15) is 4.79 Å². The molecule has 1 fully saturated rings. The molecule has 0 aliphatic carbocycles. The van der Waals surface area contributed by atoms with Gasteiger partial charge in [0.2, 0.25) is 0 Å². The second kappa shape index (κ2) is 9.57. The molecule has 0 spiro atoms. The molecule has 3 aromatic rings. The molecule has 0 N–H and O–H groups in total. The number of carbonyl (C=O) groups is 1. The number of hydrogen-bond donors (Lipinski definition) is 0. The normalized spacial score (nSPS) is 16.9. The van der Waals surface area contributed by atoms with Crippen LogP contribution in [-0.4, -0.2) is 53.9 Å². The lowest BCUT2D eigenvalue weighted by atomic mass is 9.90. The van der Waals surface area contributed by atoms with E-state index in [4.69, 9.17) is 11.6 Å². The molecule has 1 saturated heterocycles. The average Bonchev–Trinajstić information content (AvgIpc) is 3.28. The summed E-state index contributed by atoms with van der Waals surface area (Å²) < 4.78 is 0. The van der Waals surface area contributed by atoms with E-state index in [1.54, 1.807) is 11.3 Å². The molecule has 3 heterocycles. The zero-order valence-corrected chi connectivity index (χ0v) is 21.6. The summed E-state index contributed by atoms with van der Waals surface area (Å²) in [5, 5.41) is 2.73.